The molecule has 1 rings (SSSR count). The van der Waals surface area contributed by atoms with Crippen LogP contribution in [0.1, 0.15) is 67.4 Å². The van der Waals surface area contributed by atoms with Gasteiger partial charge >= 0.3 is 5.97 Å². The molecule has 0 saturated carbocycles. The number of hydrogen-bond acceptors (Lipinski definition) is 5. The van der Waals surface area contributed by atoms with Gasteiger partial charge in [0.15, 0.2) is 0 Å². The van der Waals surface area contributed by atoms with Crippen LogP contribution in [-0.2, 0) is 24.7 Å². The standard InChI is InChI=1S/C28H45N3O4/c1-11-28(29-9,21-16-14-13-15-17-21)26(34)30-23(27(6,7)8)24(32)31(10)22(19(3)4)18-20(5)25(33)35-12-2/h13-19,22-23,29H,11-12H2,1-10H3,(H,30,34)/b20-18+/t22-,23?,28?/m1/s1. The Morgan fingerprint density at radius 3 is 2.09 bits per heavy atom. The molecule has 7 nitrogen and oxygen atoms in total. The van der Waals surface area contributed by atoms with Crippen LogP contribution >= 0.6 is 0 Å². The molecule has 1 aromatic carbocycles. The van der Waals surface area contributed by atoms with Crippen LogP contribution < -0.4 is 10.6 Å². The van der Waals surface area contributed by atoms with E-state index in [0.717, 1.165) is 5.56 Å². The number of carbonyl (C=O) groups excluding carboxylic acids is 3. The molecule has 0 bridgehead atoms. The molecule has 35 heavy (non-hydrogen) atoms. The van der Waals surface area contributed by atoms with E-state index in [-0.39, 0.29) is 30.4 Å². The fourth-order valence-electron chi connectivity index (χ4n) is 4.23. The van der Waals surface area contributed by atoms with E-state index in [1.165, 1.54) is 0 Å². The molecule has 0 aliphatic rings. The number of nitrogens with zero attached hydrogens (tertiary/aromatic N) is 1. The van der Waals surface area contributed by atoms with Crippen LogP contribution in [0.4, 0.5) is 0 Å². The van der Waals surface area contributed by atoms with E-state index in [1.807, 2.05) is 71.9 Å². The first-order valence-corrected chi connectivity index (χ1v) is 12.4. The number of amides is 2. The summed E-state index contributed by atoms with van der Waals surface area (Å²) in [7, 11) is 3.48. The smallest absolute Gasteiger partial charge is 0.333 e. The Morgan fingerprint density at radius 2 is 1.66 bits per heavy atom. The predicted molar refractivity (Wildman–Crippen MR) is 141 cm³/mol. The number of likely N-dealkylation sites (N-methyl/N-ethyl adjacent to an activating group) is 2. The fraction of sp³-hybridized carbons (Fsp3) is 0.607. The highest BCUT2D eigenvalue weighted by Gasteiger charge is 2.43. The summed E-state index contributed by atoms with van der Waals surface area (Å²) in [5, 5.41) is 6.26. The summed E-state index contributed by atoms with van der Waals surface area (Å²) in [5.41, 5.74) is -0.233. The lowest BCUT2D eigenvalue weighted by Gasteiger charge is -2.40. The Balaban J connectivity index is 3.35. The lowest BCUT2D eigenvalue weighted by Crippen LogP contribution is -2.61. The van der Waals surface area contributed by atoms with Crippen LogP contribution in [-0.4, -0.2) is 55.5 Å². The summed E-state index contributed by atoms with van der Waals surface area (Å²) in [6.45, 7) is 15.5. The Morgan fingerprint density at radius 1 is 1.09 bits per heavy atom. The van der Waals surface area contributed by atoms with Crippen LogP contribution in [0.5, 0.6) is 0 Å². The second-order valence-corrected chi connectivity index (χ2v) is 10.4. The van der Waals surface area contributed by atoms with E-state index in [4.69, 9.17) is 4.74 Å². The quantitative estimate of drug-likeness (QED) is 0.363. The maximum atomic E-state index is 13.8. The summed E-state index contributed by atoms with van der Waals surface area (Å²) in [6.07, 6.45) is 2.28. The maximum Gasteiger partial charge on any atom is 0.333 e. The number of benzene rings is 1. The maximum absolute atomic E-state index is 13.8. The third kappa shape index (κ3) is 7.40. The minimum Gasteiger partial charge on any atom is -0.463 e. The van der Waals surface area contributed by atoms with E-state index >= 15 is 0 Å². The zero-order chi connectivity index (χ0) is 27.0. The van der Waals surface area contributed by atoms with E-state index in [0.29, 0.717) is 12.0 Å². The molecule has 2 amide bonds. The van der Waals surface area contributed by atoms with Crippen molar-refractivity contribution in [2.24, 2.45) is 11.3 Å². The van der Waals surface area contributed by atoms with E-state index in [1.54, 1.807) is 38.9 Å². The van der Waals surface area contributed by atoms with Crippen molar-refractivity contribution >= 4 is 17.8 Å². The lowest BCUT2D eigenvalue weighted by atomic mass is 9.82. The van der Waals surface area contributed by atoms with Gasteiger partial charge in [-0.3, -0.25) is 9.59 Å². The first kappa shape index (κ1) is 30.4. The molecule has 0 saturated heterocycles. The number of ether oxygens (including phenoxy) is 1. The number of esters is 1. The van der Waals surface area contributed by atoms with Gasteiger partial charge in [0.25, 0.3) is 0 Å². The number of nitrogens with one attached hydrogen (secondary N) is 2. The monoisotopic (exact) mass is 487 g/mol. The Labute approximate surface area is 211 Å². The highest BCUT2D eigenvalue weighted by atomic mass is 16.5. The van der Waals surface area contributed by atoms with E-state index < -0.39 is 23.0 Å². The summed E-state index contributed by atoms with van der Waals surface area (Å²) in [6, 6.07) is 8.41. The molecule has 0 spiro atoms. The summed E-state index contributed by atoms with van der Waals surface area (Å²) >= 11 is 0. The molecule has 0 aliphatic heterocycles. The van der Waals surface area contributed by atoms with Crippen molar-refractivity contribution in [2.75, 3.05) is 20.7 Å². The van der Waals surface area contributed by atoms with Gasteiger partial charge in [-0.2, -0.15) is 0 Å². The van der Waals surface area contributed by atoms with Crippen molar-refractivity contribution in [1.82, 2.24) is 15.5 Å². The summed E-state index contributed by atoms with van der Waals surface area (Å²) in [5.74, 6) is -0.827. The van der Waals surface area contributed by atoms with Crippen molar-refractivity contribution < 1.29 is 19.1 Å². The van der Waals surface area contributed by atoms with Crippen molar-refractivity contribution in [3.8, 4) is 0 Å². The first-order valence-electron chi connectivity index (χ1n) is 12.4. The lowest BCUT2D eigenvalue weighted by molar-refractivity contribution is -0.142. The van der Waals surface area contributed by atoms with Crippen LogP contribution in [0.3, 0.4) is 0 Å². The third-order valence-electron chi connectivity index (χ3n) is 6.50. The fourth-order valence-corrected chi connectivity index (χ4v) is 4.23. The van der Waals surface area contributed by atoms with Gasteiger partial charge in [-0.1, -0.05) is 78.0 Å². The zero-order valence-corrected chi connectivity index (χ0v) is 23.2. The van der Waals surface area contributed by atoms with Gasteiger partial charge < -0.3 is 20.3 Å². The Bertz CT molecular complexity index is 883. The Hall–Kier alpha value is -2.67. The molecule has 0 heterocycles. The van der Waals surface area contributed by atoms with Gasteiger partial charge in [0.1, 0.15) is 11.6 Å². The molecule has 7 heteroatoms. The molecule has 3 atom stereocenters. The molecular formula is C28H45N3O4. The third-order valence-corrected chi connectivity index (χ3v) is 6.50. The topological polar surface area (TPSA) is 87.7 Å². The molecule has 2 N–H and O–H groups in total. The molecule has 0 aromatic heterocycles. The first-order chi connectivity index (χ1) is 16.3. The average molecular weight is 488 g/mol. The van der Waals surface area contributed by atoms with Crippen molar-refractivity contribution in [1.29, 1.82) is 0 Å². The molecule has 0 fully saturated rings. The molecule has 196 valence electrons. The molecule has 0 radical (unpaired) electrons. The molecule has 2 unspecified atom stereocenters. The second-order valence-electron chi connectivity index (χ2n) is 10.4. The highest BCUT2D eigenvalue weighted by Crippen LogP contribution is 2.28. The van der Waals surface area contributed by atoms with Crippen molar-refractivity contribution in [2.45, 2.75) is 79.4 Å². The minimum atomic E-state index is -0.971. The van der Waals surface area contributed by atoms with Gasteiger partial charge in [0, 0.05) is 12.6 Å². The molecule has 1 aromatic rings. The largest absolute Gasteiger partial charge is 0.463 e. The number of rotatable bonds is 11. The Kier molecular flexibility index (Phi) is 11.2. The number of hydrogen-bond donors (Lipinski definition) is 2. The van der Waals surface area contributed by atoms with Crippen molar-refractivity contribution in [3.05, 3.63) is 47.5 Å². The van der Waals surface area contributed by atoms with Crippen LogP contribution in [0, 0.1) is 11.3 Å². The molecule has 0 aliphatic carbocycles. The van der Waals surface area contributed by atoms with Gasteiger partial charge in [-0.25, -0.2) is 4.79 Å². The minimum absolute atomic E-state index is 0.0426. The SMILES string of the molecule is CCOC(=O)/C(C)=C/[C@H](C(C)C)N(C)C(=O)C(NC(=O)C(CC)(NC)c1ccccc1)C(C)(C)C. The van der Waals surface area contributed by atoms with Crippen molar-refractivity contribution in [3.63, 3.8) is 0 Å². The van der Waals surface area contributed by atoms with E-state index in [9.17, 15) is 14.4 Å². The van der Waals surface area contributed by atoms with Crippen LogP contribution in [0.25, 0.3) is 0 Å². The average Bonchev–Trinajstić information content (AvgIpc) is 2.81. The molecular weight excluding hydrogens is 442 g/mol. The van der Waals surface area contributed by atoms with Gasteiger partial charge in [0.05, 0.1) is 12.6 Å². The summed E-state index contributed by atoms with van der Waals surface area (Å²) in [4.78, 5) is 41.4. The van der Waals surface area contributed by atoms with Crippen LogP contribution in [0.2, 0.25) is 0 Å². The normalized spacial score (nSPS) is 15.7. The van der Waals surface area contributed by atoms with E-state index in [2.05, 4.69) is 10.6 Å². The summed E-state index contributed by atoms with van der Waals surface area (Å²) < 4.78 is 5.11. The van der Waals surface area contributed by atoms with Gasteiger partial charge in [-0.05, 0) is 44.2 Å². The van der Waals surface area contributed by atoms with Gasteiger partial charge in [-0.15, -0.1) is 0 Å². The number of carbonyl (C=O) groups is 3. The highest BCUT2D eigenvalue weighted by molar-refractivity contribution is 5.93. The predicted octanol–water partition coefficient (Wildman–Crippen LogP) is 4.03. The second kappa shape index (κ2) is 12.9. The van der Waals surface area contributed by atoms with Gasteiger partial charge in [0.2, 0.25) is 11.8 Å². The zero-order valence-electron chi connectivity index (χ0n) is 23.2. The van der Waals surface area contributed by atoms with Crippen LogP contribution in [0.15, 0.2) is 42.0 Å².